The molecule has 4 heteroatoms. The minimum Gasteiger partial charge on any atom is -0.489 e. The summed E-state index contributed by atoms with van der Waals surface area (Å²) in [6.07, 6.45) is 2.56. The molecule has 0 radical (unpaired) electrons. The lowest BCUT2D eigenvalue weighted by Gasteiger charge is -2.32. The molecule has 138 valence electrons. The van der Waals surface area contributed by atoms with Crippen LogP contribution >= 0.6 is 0 Å². The first-order valence-corrected chi connectivity index (χ1v) is 9.27. The quantitative estimate of drug-likeness (QED) is 0.762. The highest BCUT2D eigenvalue weighted by atomic mass is 16.5. The number of benzene rings is 2. The zero-order valence-electron chi connectivity index (χ0n) is 15.4. The number of hydrogen-bond acceptors (Lipinski definition) is 3. The number of rotatable bonds is 7. The van der Waals surface area contributed by atoms with Crippen LogP contribution in [0.15, 0.2) is 54.6 Å². The molecule has 1 saturated heterocycles. The van der Waals surface area contributed by atoms with Crippen molar-refractivity contribution in [3.05, 3.63) is 65.7 Å². The van der Waals surface area contributed by atoms with Gasteiger partial charge < -0.3 is 14.4 Å². The van der Waals surface area contributed by atoms with Crippen molar-refractivity contribution >= 4 is 5.91 Å². The molecule has 2 aromatic rings. The number of ether oxygens (including phenoxy) is 2. The van der Waals surface area contributed by atoms with Crippen molar-refractivity contribution in [3.63, 3.8) is 0 Å². The maximum Gasteiger partial charge on any atom is 0.227 e. The fourth-order valence-corrected chi connectivity index (χ4v) is 3.46. The number of piperidine rings is 1. The van der Waals surface area contributed by atoms with Crippen LogP contribution in [-0.2, 0) is 22.6 Å². The molecule has 2 aromatic carbocycles. The first-order chi connectivity index (χ1) is 12.8. The number of methoxy groups -OCH3 is 1. The summed E-state index contributed by atoms with van der Waals surface area (Å²) in [5, 5.41) is 0. The third kappa shape index (κ3) is 5.09. The molecule has 0 saturated carbocycles. The van der Waals surface area contributed by atoms with Crippen molar-refractivity contribution in [2.24, 2.45) is 5.92 Å². The Balaban J connectivity index is 1.61. The van der Waals surface area contributed by atoms with E-state index in [9.17, 15) is 4.79 Å². The molecule has 0 aliphatic carbocycles. The lowest BCUT2D eigenvalue weighted by atomic mass is 9.98. The van der Waals surface area contributed by atoms with E-state index >= 15 is 0 Å². The number of amides is 1. The summed E-state index contributed by atoms with van der Waals surface area (Å²) in [6, 6.07) is 17.9. The monoisotopic (exact) mass is 353 g/mol. The molecule has 1 atom stereocenters. The zero-order valence-corrected chi connectivity index (χ0v) is 15.4. The minimum absolute atomic E-state index is 0.168. The van der Waals surface area contributed by atoms with Crippen LogP contribution in [0, 0.1) is 5.92 Å². The summed E-state index contributed by atoms with van der Waals surface area (Å²) in [6.45, 7) is 2.86. The van der Waals surface area contributed by atoms with E-state index in [1.165, 1.54) is 0 Å². The molecule has 1 aliphatic heterocycles. The third-order valence-corrected chi connectivity index (χ3v) is 4.83. The number of hydrogen-bond donors (Lipinski definition) is 0. The molecule has 1 unspecified atom stereocenters. The van der Waals surface area contributed by atoms with Crippen molar-refractivity contribution in [2.75, 3.05) is 26.8 Å². The maximum atomic E-state index is 12.8. The van der Waals surface area contributed by atoms with Crippen molar-refractivity contribution in [3.8, 4) is 5.75 Å². The zero-order chi connectivity index (χ0) is 18.2. The predicted octanol–water partition coefficient (Wildman–Crippen LogP) is 3.69. The highest BCUT2D eigenvalue weighted by Crippen LogP contribution is 2.22. The fraction of sp³-hybridized carbons (Fsp3) is 0.409. The van der Waals surface area contributed by atoms with E-state index in [0.29, 0.717) is 18.9 Å². The number of para-hydroxylation sites is 1. The molecule has 1 aliphatic rings. The largest absolute Gasteiger partial charge is 0.489 e. The van der Waals surface area contributed by atoms with E-state index < -0.39 is 0 Å². The Hall–Kier alpha value is -2.33. The number of carbonyl (C=O) groups is 1. The average molecular weight is 353 g/mol. The molecule has 0 aromatic heterocycles. The van der Waals surface area contributed by atoms with Crippen LogP contribution < -0.4 is 4.74 Å². The summed E-state index contributed by atoms with van der Waals surface area (Å²) in [5.74, 6) is 1.40. The summed E-state index contributed by atoms with van der Waals surface area (Å²) in [4.78, 5) is 14.7. The van der Waals surface area contributed by atoms with Gasteiger partial charge in [0.1, 0.15) is 12.4 Å². The van der Waals surface area contributed by atoms with Crippen molar-refractivity contribution in [2.45, 2.75) is 25.9 Å². The van der Waals surface area contributed by atoms with Gasteiger partial charge in [0.15, 0.2) is 0 Å². The highest BCUT2D eigenvalue weighted by molar-refractivity contribution is 5.79. The van der Waals surface area contributed by atoms with Gasteiger partial charge in [-0.15, -0.1) is 0 Å². The molecule has 4 nitrogen and oxygen atoms in total. The van der Waals surface area contributed by atoms with Crippen LogP contribution in [0.5, 0.6) is 5.75 Å². The van der Waals surface area contributed by atoms with E-state index in [0.717, 1.165) is 49.4 Å². The first-order valence-electron chi connectivity index (χ1n) is 9.27. The molecule has 0 spiro atoms. The van der Waals surface area contributed by atoms with E-state index in [-0.39, 0.29) is 5.91 Å². The van der Waals surface area contributed by atoms with Gasteiger partial charge in [-0.25, -0.2) is 0 Å². The SMILES string of the molecule is COCC1CCCN(C(=O)Cc2ccccc2OCc2ccccc2)C1. The van der Waals surface area contributed by atoms with Crippen molar-refractivity contribution < 1.29 is 14.3 Å². The molecule has 1 fully saturated rings. The summed E-state index contributed by atoms with van der Waals surface area (Å²) < 4.78 is 11.2. The Labute approximate surface area is 155 Å². The lowest BCUT2D eigenvalue weighted by molar-refractivity contribution is -0.132. The van der Waals surface area contributed by atoms with Gasteiger partial charge in [-0.1, -0.05) is 48.5 Å². The van der Waals surface area contributed by atoms with Gasteiger partial charge in [-0.2, -0.15) is 0 Å². The van der Waals surface area contributed by atoms with Gasteiger partial charge >= 0.3 is 0 Å². The average Bonchev–Trinajstić information content (AvgIpc) is 2.68. The van der Waals surface area contributed by atoms with E-state index in [1.807, 2.05) is 59.5 Å². The van der Waals surface area contributed by atoms with Crippen LogP contribution in [0.2, 0.25) is 0 Å². The second-order valence-electron chi connectivity index (χ2n) is 6.86. The normalized spacial score (nSPS) is 17.1. The minimum atomic E-state index is 0.168. The molecule has 1 heterocycles. The Kier molecular flexibility index (Phi) is 6.67. The predicted molar refractivity (Wildman–Crippen MR) is 102 cm³/mol. The van der Waals surface area contributed by atoms with Gasteiger partial charge in [0.05, 0.1) is 13.0 Å². The molecule has 0 bridgehead atoms. The molecule has 0 N–H and O–H groups in total. The molecular weight excluding hydrogens is 326 g/mol. The standard InChI is InChI=1S/C22H27NO3/c1-25-16-19-10-7-13-23(15-19)22(24)14-20-11-5-6-12-21(20)26-17-18-8-3-2-4-9-18/h2-6,8-9,11-12,19H,7,10,13-17H2,1H3. The second-order valence-corrected chi connectivity index (χ2v) is 6.86. The first kappa shape index (κ1) is 18.5. The molecule has 26 heavy (non-hydrogen) atoms. The third-order valence-electron chi connectivity index (χ3n) is 4.83. The van der Waals surface area contributed by atoms with E-state index in [1.54, 1.807) is 7.11 Å². The van der Waals surface area contributed by atoms with Gasteiger partial charge in [-0.05, 0) is 30.4 Å². The number of likely N-dealkylation sites (tertiary alicyclic amines) is 1. The Morgan fingerprint density at radius 1 is 1.12 bits per heavy atom. The molecule has 3 rings (SSSR count). The van der Waals surface area contributed by atoms with Gasteiger partial charge in [-0.3, -0.25) is 4.79 Å². The van der Waals surface area contributed by atoms with Crippen molar-refractivity contribution in [1.82, 2.24) is 4.90 Å². The molecular formula is C22H27NO3. The Bertz CT molecular complexity index is 700. The van der Waals surface area contributed by atoms with E-state index in [4.69, 9.17) is 9.47 Å². The fourth-order valence-electron chi connectivity index (χ4n) is 3.46. The smallest absolute Gasteiger partial charge is 0.227 e. The van der Waals surface area contributed by atoms with Crippen LogP contribution in [-0.4, -0.2) is 37.6 Å². The summed E-state index contributed by atoms with van der Waals surface area (Å²) >= 11 is 0. The van der Waals surface area contributed by atoms with Gasteiger partial charge in [0, 0.05) is 25.8 Å². The van der Waals surface area contributed by atoms with Crippen molar-refractivity contribution in [1.29, 1.82) is 0 Å². The van der Waals surface area contributed by atoms with Crippen LogP contribution in [0.1, 0.15) is 24.0 Å². The number of nitrogens with zero attached hydrogens (tertiary/aromatic N) is 1. The van der Waals surface area contributed by atoms with Crippen LogP contribution in [0.25, 0.3) is 0 Å². The molecule has 1 amide bonds. The van der Waals surface area contributed by atoms with Crippen LogP contribution in [0.3, 0.4) is 0 Å². The number of carbonyl (C=O) groups excluding carboxylic acids is 1. The van der Waals surface area contributed by atoms with Gasteiger partial charge in [0.2, 0.25) is 5.91 Å². The maximum absolute atomic E-state index is 12.8. The lowest BCUT2D eigenvalue weighted by Crippen LogP contribution is -2.41. The highest BCUT2D eigenvalue weighted by Gasteiger charge is 2.24. The topological polar surface area (TPSA) is 38.8 Å². The second kappa shape index (κ2) is 9.39. The van der Waals surface area contributed by atoms with E-state index in [2.05, 4.69) is 0 Å². The summed E-state index contributed by atoms with van der Waals surface area (Å²) in [5.41, 5.74) is 2.06. The van der Waals surface area contributed by atoms with Crippen LogP contribution in [0.4, 0.5) is 0 Å². The van der Waals surface area contributed by atoms with Gasteiger partial charge in [0.25, 0.3) is 0 Å². The Morgan fingerprint density at radius 2 is 1.88 bits per heavy atom. The summed E-state index contributed by atoms with van der Waals surface area (Å²) in [7, 11) is 1.72. The Morgan fingerprint density at radius 3 is 2.69 bits per heavy atom.